The summed E-state index contributed by atoms with van der Waals surface area (Å²) < 4.78 is 9.92. The van der Waals surface area contributed by atoms with E-state index in [1.54, 1.807) is 26.4 Å². The van der Waals surface area contributed by atoms with Gasteiger partial charge in [-0.05, 0) is 19.9 Å². The van der Waals surface area contributed by atoms with Gasteiger partial charge in [-0.3, -0.25) is 0 Å². The summed E-state index contributed by atoms with van der Waals surface area (Å²) in [5, 5.41) is 0.773. The molecule has 4 nitrogen and oxygen atoms in total. The lowest BCUT2D eigenvalue weighted by molar-refractivity contribution is 0.0531. The quantitative estimate of drug-likeness (QED) is 0.770. The lowest BCUT2D eigenvalue weighted by Gasteiger charge is -1.97. The van der Waals surface area contributed by atoms with Crippen molar-refractivity contribution < 1.29 is 13.9 Å². The van der Waals surface area contributed by atoms with Crippen molar-refractivity contribution in [3.05, 3.63) is 29.2 Å². The average molecular weight is 237 g/mol. The third kappa shape index (κ3) is 1.99. The highest BCUT2D eigenvalue weighted by atomic mass is 32.1. The first-order valence-corrected chi connectivity index (χ1v) is 5.71. The summed E-state index contributed by atoms with van der Waals surface area (Å²) in [5.41, 5.74) is 1.57. The summed E-state index contributed by atoms with van der Waals surface area (Å²) in [7, 11) is 0. The van der Waals surface area contributed by atoms with Gasteiger partial charge in [-0.25, -0.2) is 9.78 Å². The Kier molecular flexibility index (Phi) is 3.05. The number of esters is 1. The van der Waals surface area contributed by atoms with Gasteiger partial charge in [0.15, 0.2) is 0 Å². The second-order valence-electron chi connectivity index (χ2n) is 3.17. The Balaban J connectivity index is 2.32. The van der Waals surface area contributed by atoms with E-state index in [2.05, 4.69) is 4.98 Å². The molecule has 0 N–H and O–H groups in total. The van der Waals surface area contributed by atoms with Crippen LogP contribution in [-0.2, 0) is 4.74 Å². The third-order valence-electron chi connectivity index (χ3n) is 2.03. The van der Waals surface area contributed by atoms with Crippen molar-refractivity contribution in [2.45, 2.75) is 13.8 Å². The maximum atomic E-state index is 11.6. The molecule has 0 radical (unpaired) electrons. The number of hydrogen-bond acceptors (Lipinski definition) is 5. The van der Waals surface area contributed by atoms with Crippen molar-refractivity contribution in [1.29, 1.82) is 0 Å². The monoisotopic (exact) mass is 237 g/mol. The molecular weight excluding hydrogens is 226 g/mol. The first kappa shape index (κ1) is 10.9. The van der Waals surface area contributed by atoms with E-state index in [0.29, 0.717) is 17.2 Å². The van der Waals surface area contributed by atoms with Crippen LogP contribution in [0.2, 0.25) is 0 Å². The molecule has 0 fully saturated rings. The predicted octanol–water partition coefficient (Wildman–Crippen LogP) is 2.89. The Bertz CT molecular complexity index is 487. The van der Waals surface area contributed by atoms with Crippen molar-refractivity contribution >= 4 is 17.3 Å². The molecule has 2 rings (SSSR count). The minimum atomic E-state index is -0.313. The summed E-state index contributed by atoms with van der Waals surface area (Å²) in [6.07, 6.45) is 3.18. The van der Waals surface area contributed by atoms with E-state index in [1.807, 2.05) is 6.07 Å². The van der Waals surface area contributed by atoms with Gasteiger partial charge in [-0.15, -0.1) is 11.3 Å². The van der Waals surface area contributed by atoms with Gasteiger partial charge in [0.25, 0.3) is 0 Å². The lowest BCUT2D eigenvalue weighted by Crippen LogP contribution is -2.03. The van der Waals surface area contributed by atoms with Crippen molar-refractivity contribution in [1.82, 2.24) is 4.98 Å². The molecule has 0 spiro atoms. The van der Waals surface area contributed by atoms with Crippen molar-refractivity contribution in [3.63, 3.8) is 0 Å². The number of ether oxygens (including phenoxy) is 1. The summed E-state index contributed by atoms with van der Waals surface area (Å²) in [6, 6.07) is 1.81. The molecule has 0 aliphatic heterocycles. The maximum absolute atomic E-state index is 11.6. The molecule has 0 saturated heterocycles. The molecule has 0 bridgehead atoms. The fraction of sp³-hybridized carbons (Fsp3) is 0.273. The van der Waals surface area contributed by atoms with Crippen LogP contribution in [0.3, 0.4) is 0 Å². The Labute approximate surface area is 96.9 Å². The molecule has 0 atom stereocenters. The molecule has 16 heavy (non-hydrogen) atoms. The van der Waals surface area contributed by atoms with E-state index >= 15 is 0 Å². The second-order valence-corrected chi connectivity index (χ2v) is 4.17. The maximum Gasteiger partial charge on any atom is 0.350 e. The Morgan fingerprint density at radius 3 is 3.06 bits per heavy atom. The minimum absolute atomic E-state index is 0.313. The van der Waals surface area contributed by atoms with Gasteiger partial charge in [0.05, 0.1) is 18.6 Å². The number of aryl methyl sites for hydroxylation is 1. The van der Waals surface area contributed by atoms with Crippen LogP contribution in [0.15, 0.2) is 23.0 Å². The van der Waals surface area contributed by atoms with Gasteiger partial charge >= 0.3 is 5.97 Å². The fourth-order valence-electron chi connectivity index (χ4n) is 1.29. The minimum Gasteiger partial charge on any atom is -0.472 e. The molecule has 84 valence electrons. The zero-order chi connectivity index (χ0) is 11.5. The van der Waals surface area contributed by atoms with Crippen LogP contribution in [0.25, 0.3) is 10.6 Å². The van der Waals surface area contributed by atoms with Crippen LogP contribution in [0.4, 0.5) is 0 Å². The van der Waals surface area contributed by atoms with Gasteiger partial charge in [-0.2, -0.15) is 0 Å². The zero-order valence-electron chi connectivity index (χ0n) is 9.02. The Hall–Kier alpha value is -1.62. The molecule has 0 amide bonds. The number of rotatable bonds is 3. The van der Waals surface area contributed by atoms with Crippen molar-refractivity contribution in [2.24, 2.45) is 0 Å². The number of carbonyl (C=O) groups excluding carboxylic acids is 1. The normalized spacial score (nSPS) is 10.4. The number of aromatic nitrogens is 1. The summed E-state index contributed by atoms with van der Waals surface area (Å²) in [5.74, 6) is -0.313. The zero-order valence-corrected chi connectivity index (χ0v) is 9.84. The van der Waals surface area contributed by atoms with E-state index in [0.717, 1.165) is 10.6 Å². The SMILES string of the molecule is CCOC(=O)c1sc(-c2ccoc2)nc1C. The number of hydrogen-bond donors (Lipinski definition) is 0. The Morgan fingerprint density at radius 2 is 2.44 bits per heavy atom. The molecule has 0 saturated carbocycles. The topological polar surface area (TPSA) is 52.3 Å². The third-order valence-corrected chi connectivity index (χ3v) is 3.21. The van der Waals surface area contributed by atoms with Crippen LogP contribution in [0.1, 0.15) is 22.3 Å². The summed E-state index contributed by atoms with van der Waals surface area (Å²) >= 11 is 1.32. The van der Waals surface area contributed by atoms with Gasteiger partial charge in [-0.1, -0.05) is 0 Å². The van der Waals surface area contributed by atoms with Crippen LogP contribution in [0.5, 0.6) is 0 Å². The summed E-state index contributed by atoms with van der Waals surface area (Å²) in [4.78, 5) is 16.4. The molecule has 2 aromatic heterocycles. The highest BCUT2D eigenvalue weighted by Crippen LogP contribution is 2.28. The molecule has 5 heteroatoms. The van der Waals surface area contributed by atoms with Gasteiger partial charge in [0.2, 0.25) is 0 Å². The summed E-state index contributed by atoms with van der Waals surface area (Å²) in [6.45, 7) is 3.95. The van der Waals surface area contributed by atoms with Crippen LogP contribution >= 0.6 is 11.3 Å². The number of nitrogens with zero attached hydrogens (tertiary/aromatic N) is 1. The van der Waals surface area contributed by atoms with E-state index in [9.17, 15) is 4.79 Å². The van der Waals surface area contributed by atoms with Gasteiger partial charge < -0.3 is 9.15 Å². The van der Waals surface area contributed by atoms with E-state index < -0.39 is 0 Å². The average Bonchev–Trinajstić information content (AvgIpc) is 2.86. The van der Waals surface area contributed by atoms with E-state index in [1.165, 1.54) is 11.3 Å². The highest BCUT2D eigenvalue weighted by Gasteiger charge is 2.17. The van der Waals surface area contributed by atoms with E-state index in [-0.39, 0.29) is 5.97 Å². The smallest absolute Gasteiger partial charge is 0.350 e. The van der Waals surface area contributed by atoms with Gasteiger partial charge in [0, 0.05) is 5.56 Å². The molecule has 0 aliphatic rings. The predicted molar refractivity (Wildman–Crippen MR) is 60.5 cm³/mol. The molecule has 2 aromatic rings. The standard InChI is InChI=1S/C11H11NO3S/c1-3-15-11(13)9-7(2)12-10(16-9)8-4-5-14-6-8/h4-6H,3H2,1-2H3. The fourth-order valence-corrected chi connectivity index (χ4v) is 2.24. The molecular formula is C11H11NO3S. The highest BCUT2D eigenvalue weighted by molar-refractivity contribution is 7.17. The first-order chi connectivity index (χ1) is 7.72. The van der Waals surface area contributed by atoms with Crippen molar-refractivity contribution in [2.75, 3.05) is 6.61 Å². The van der Waals surface area contributed by atoms with Crippen LogP contribution < -0.4 is 0 Å². The Morgan fingerprint density at radius 1 is 1.62 bits per heavy atom. The first-order valence-electron chi connectivity index (χ1n) is 4.89. The van der Waals surface area contributed by atoms with Crippen LogP contribution in [-0.4, -0.2) is 17.6 Å². The molecule has 0 aliphatic carbocycles. The number of thiazole rings is 1. The second kappa shape index (κ2) is 4.49. The number of carbonyl (C=O) groups is 1. The van der Waals surface area contributed by atoms with Gasteiger partial charge in [0.1, 0.15) is 16.1 Å². The lowest BCUT2D eigenvalue weighted by atomic mass is 10.3. The molecule has 0 unspecified atom stereocenters. The van der Waals surface area contributed by atoms with Crippen LogP contribution in [0, 0.1) is 6.92 Å². The van der Waals surface area contributed by atoms with Crippen molar-refractivity contribution in [3.8, 4) is 10.6 Å². The molecule has 2 heterocycles. The van der Waals surface area contributed by atoms with E-state index in [4.69, 9.17) is 9.15 Å². The number of furan rings is 1. The molecule has 0 aromatic carbocycles. The largest absolute Gasteiger partial charge is 0.472 e.